The van der Waals surface area contributed by atoms with Gasteiger partial charge < -0.3 is 9.64 Å². The molecule has 5 nitrogen and oxygen atoms in total. The first-order chi connectivity index (χ1) is 12.7. The van der Waals surface area contributed by atoms with Crippen LogP contribution in [0.1, 0.15) is 18.4 Å². The van der Waals surface area contributed by atoms with E-state index in [0.29, 0.717) is 17.2 Å². The van der Waals surface area contributed by atoms with Gasteiger partial charge in [-0.15, -0.1) is 0 Å². The van der Waals surface area contributed by atoms with Crippen LogP contribution in [0.4, 0.5) is 5.82 Å². The van der Waals surface area contributed by atoms with Gasteiger partial charge in [0.25, 0.3) is 0 Å². The second-order valence-electron chi connectivity index (χ2n) is 6.70. The second kappa shape index (κ2) is 7.46. The number of nitrogens with zero attached hydrogens (tertiary/aromatic N) is 4. The molecule has 4 rings (SSSR count). The highest BCUT2D eigenvalue weighted by atomic mass is 35.5. The van der Waals surface area contributed by atoms with Crippen molar-refractivity contribution in [3.05, 3.63) is 53.6 Å². The van der Waals surface area contributed by atoms with E-state index in [1.807, 2.05) is 0 Å². The van der Waals surface area contributed by atoms with Crippen LogP contribution in [0.15, 0.2) is 42.7 Å². The van der Waals surface area contributed by atoms with Gasteiger partial charge in [-0.1, -0.05) is 30.3 Å². The second-order valence-corrected chi connectivity index (χ2v) is 7.03. The molecule has 1 aromatic carbocycles. The van der Waals surface area contributed by atoms with Crippen LogP contribution < -0.4 is 9.64 Å². The number of piperidine rings is 1. The zero-order chi connectivity index (χ0) is 17.9. The molecule has 0 unspecified atom stereocenters. The zero-order valence-electron chi connectivity index (χ0n) is 14.7. The summed E-state index contributed by atoms with van der Waals surface area (Å²) in [5.41, 5.74) is 2.09. The van der Waals surface area contributed by atoms with E-state index in [0.717, 1.165) is 37.1 Å². The Hall–Kier alpha value is -2.40. The summed E-state index contributed by atoms with van der Waals surface area (Å²) >= 11 is 6.19. The molecule has 1 atom stereocenters. The van der Waals surface area contributed by atoms with Crippen LogP contribution >= 0.6 is 11.6 Å². The topological polar surface area (TPSA) is 51.1 Å². The van der Waals surface area contributed by atoms with E-state index in [9.17, 15) is 0 Å². The number of hydrogen-bond acceptors (Lipinski definition) is 5. The van der Waals surface area contributed by atoms with Gasteiger partial charge in [0, 0.05) is 13.1 Å². The van der Waals surface area contributed by atoms with Gasteiger partial charge in [-0.2, -0.15) is 4.98 Å². The number of hydrogen-bond donors (Lipinski definition) is 0. The molecule has 3 aromatic rings. The highest BCUT2D eigenvalue weighted by Crippen LogP contribution is 2.34. The number of methoxy groups -OCH3 is 1. The molecule has 2 aromatic heterocycles. The van der Waals surface area contributed by atoms with E-state index in [1.165, 1.54) is 12.0 Å². The first kappa shape index (κ1) is 17.0. The lowest BCUT2D eigenvalue weighted by atomic mass is 9.91. The van der Waals surface area contributed by atoms with Crippen LogP contribution in [0.25, 0.3) is 10.9 Å². The van der Waals surface area contributed by atoms with Gasteiger partial charge in [-0.25, -0.2) is 4.98 Å². The summed E-state index contributed by atoms with van der Waals surface area (Å²) in [6.07, 6.45) is 6.84. The Kier molecular flexibility index (Phi) is 4.89. The predicted molar refractivity (Wildman–Crippen MR) is 104 cm³/mol. The van der Waals surface area contributed by atoms with Crippen molar-refractivity contribution in [2.45, 2.75) is 19.3 Å². The van der Waals surface area contributed by atoms with Crippen molar-refractivity contribution in [3.63, 3.8) is 0 Å². The molecule has 1 saturated heterocycles. The Bertz CT molecular complexity index is 903. The van der Waals surface area contributed by atoms with Crippen molar-refractivity contribution in [1.82, 2.24) is 15.0 Å². The first-order valence-corrected chi connectivity index (χ1v) is 9.26. The zero-order valence-corrected chi connectivity index (χ0v) is 15.5. The van der Waals surface area contributed by atoms with Crippen LogP contribution in [0.3, 0.4) is 0 Å². The van der Waals surface area contributed by atoms with Crippen LogP contribution in [-0.4, -0.2) is 35.2 Å². The number of fused-ring (bicyclic) bond motifs is 1. The van der Waals surface area contributed by atoms with Crippen molar-refractivity contribution in [2.75, 3.05) is 25.1 Å². The molecule has 1 fully saturated rings. The summed E-state index contributed by atoms with van der Waals surface area (Å²) in [6, 6.07) is 10.7. The summed E-state index contributed by atoms with van der Waals surface area (Å²) in [5, 5.41) is 1.12. The molecular weight excluding hydrogens is 348 g/mol. The van der Waals surface area contributed by atoms with E-state index >= 15 is 0 Å². The van der Waals surface area contributed by atoms with E-state index in [-0.39, 0.29) is 5.28 Å². The number of aromatic nitrogens is 3. The molecule has 0 amide bonds. The minimum absolute atomic E-state index is 0.243. The van der Waals surface area contributed by atoms with E-state index in [2.05, 4.69) is 50.2 Å². The molecule has 1 aliphatic heterocycles. The molecular formula is C20H21ClN4O. The number of pyridine rings is 1. The number of ether oxygens (including phenoxy) is 1. The Labute approximate surface area is 158 Å². The maximum Gasteiger partial charge on any atom is 0.224 e. The summed E-state index contributed by atoms with van der Waals surface area (Å²) in [4.78, 5) is 15.4. The average Bonchev–Trinajstić information content (AvgIpc) is 2.67. The molecule has 0 spiro atoms. The van der Waals surface area contributed by atoms with Gasteiger partial charge in [-0.05, 0) is 42.3 Å². The standard InChI is InChI=1S/C20H21ClN4O/c1-26-17-12-22-11-16-18(17)19(24-20(21)23-16)25-9-5-8-15(13-25)10-14-6-3-2-4-7-14/h2-4,6-7,11-12,15H,5,8-10,13H2,1H3/t15-/m1/s1. The molecule has 0 radical (unpaired) electrons. The van der Waals surface area contributed by atoms with Gasteiger partial charge in [-0.3, -0.25) is 4.98 Å². The van der Waals surface area contributed by atoms with Gasteiger partial charge in [0.05, 0.1) is 30.4 Å². The third-order valence-electron chi connectivity index (χ3n) is 4.93. The van der Waals surface area contributed by atoms with Crippen molar-refractivity contribution in [3.8, 4) is 5.75 Å². The van der Waals surface area contributed by atoms with Crippen LogP contribution in [0, 0.1) is 5.92 Å². The minimum atomic E-state index is 0.243. The molecule has 26 heavy (non-hydrogen) atoms. The monoisotopic (exact) mass is 368 g/mol. The maximum atomic E-state index is 6.19. The van der Waals surface area contributed by atoms with Crippen LogP contribution in [-0.2, 0) is 6.42 Å². The van der Waals surface area contributed by atoms with Gasteiger partial charge in [0.1, 0.15) is 11.6 Å². The third kappa shape index (κ3) is 3.44. The maximum absolute atomic E-state index is 6.19. The average molecular weight is 369 g/mol. The van der Waals surface area contributed by atoms with E-state index < -0.39 is 0 Å². The Morgan fingerprint density at radius 3 is 2.85 bits per heavy atom. The van der Waals surface area contributed by atoms with Gasteiger partial charge in [0.2, 0.25) is 5.28 Å². The molecule has 0 bridgehead atoms. The molecule has 134 valence electrons. The number of benzene rings is 1. The molecule has 0 N–H and O–H groups in total. The van der Waals surface area contributed by atoms with Gasteiger partial charge in [0.15, 0.2) is 0 Å². The Morgan fingerprint density at radius 1 is 1.19 bits per heavy atom. The largest absolute Gasteiger partial charge is 0.494 e. The molecule has 0 aliphatic carbocycles. The Morgan fingerprint density at radius 2 is 2.04 bits per heavy atom. The SMILES string of the molecule is COc1cncc2nc(Cl)nc(N3CCC[C@H](Cc4ccccc4)C3)c12. The fourth-order valence-corrected chi connectivity index (χ4v) is 3.93. The lowest BCUT2D eigenvalue weighted by Gasteiger charge is -2.34. The highest BCUT2D eigenvalue weighted by Gasteiger charge is 2.24. The van der Waals surface area contributed by atoms with Crippen molar-refractivity contribution >= 4 is 28.3 Å². The normalized spacial score (nSPS) is 17.5. The van der Waals surface area contributed by atoms with Crippen molar-refractivity contribution in [2.24, 2.45) is 5.92 Å². The quantitative estimate of drug-likeness (QED) is 0.647. The molecule has 1 aliphatic rings. The molecule has 0 saturated carbocycles. The third-order valence-corrected chi connectivity index (χ3v) is 5.10. The minimum Gasteiger partial charge on any atom is -0.494 e. The van der Waals surface area contributed by atoms with Gasteiger partial charge >= 0.3 is 0 Å². The number of halogens is 1. The molecule has 3 heterocycles. The van der Waals surface area contributed by atoms with Crippen molar-refractivity contribution in [1.29, 1.82) is 0 Å². The predicted octanol–water partition coefficient (Wildman–Crippen LogP) is 4.15. The highest BCUT2D eigenvalue weighted by molar-refractivity contribution is 6.29. The lowest BCUT2D eigenvalue weighted by Crippen LogP contribution is -2.37. The summed E-state index contributed by atoms with van der Waals surface area (Å²) in [5.74, 6) is 2.11. The number of rotatable bonds is 4. The first-order valence-electron chi connectivity index (χ1n) is 8.88. The molecule has 6 heteroatoms. The summed E-state index contributed by atoms with van der Waals surface area (Å²) in [6.45, 7) is 1.90. The smallest absolute Gasteiger partial charge is 0.224 e. The van der Waals surface area contributed by atoms with E-state index in [1.54, 1.807) is 19.5 Å². The van der Waals surface area contributed by atoms with E-state index in [4.69, 9.17) is 16.3 Å². The lowest BCUT2D eigenvalue weighted by molar-refractivity contribution is 0.409. The van der Waals surface area contributed by atoms with Crippen LogP contribution in [0.5, 0.6) is 5.75 Å². The van der Waals surface area contributed by atoms with Crippen LogP contribution in [0.2, 0.25) is 5.28 Å². The van der Waals surface area contributed by atoms with Crippen molar-refractivity contribution < 1.29 is 4.74 Å². The fraction of sp³-hybridized carbons (Fsp3) is 0.350. The fourth-order valence-electron chi connectivity index (χ4n) is 3.76. The number of anilines is 1. The Balaban J connectivity index is 1.66. The summed E-state index contributed by atoms with van der Waals surface area (Å²) in [7, 11) is 1.64. The summed E-state index contributed by atoms with van der Waals surface area (Å²) < 4.78 is 5.51.